The van der Waals surface area contributed by atoms with Crippen LogP contribution in [0.3, 0.4) is 0 Å². The molecule has 0 spiro atoms. The van der Waals surface area contributed by atoms with Crippen LogP contribution in [-0.2, 0) is 0 Å². The number of imidazole rings is 1. The van der Waals surface area contributed by atoms with E-state index in [-0.39, 0.29) is 34.3 Å². The van der Waals surface area contributed by atoms with Gasteiger partial charge in [-0.05, 0) is 61.8 Å². The molecule has 2 fully saturated rings. The van der Waals surface area contributed by atoms with Crippen molar-refractivity contribution in [3.05, 3.63) is 64.8 Å². The summed E-state index contributed by atoms with van der Waals surface area (Å²) in [6.45, 7) is 8.72. The number of nitrogens with one attached hydrogen (secondary N) is 3. The van der Waals surface area contributed by atoms with Gasteiger partial charge in [0.1, 0.15) is 11.6 Å². The summed E-state index contributed by atoms with van der Waals surface area (Å²) < 4.78 is 28.5. The summed E-state index contributed by atoms with van der Waals surface area (Å²) in [5, 5.41) is 17.4. The van der Waals surface area contributed by atoms with Crippen molar-refractivity contribution in [2.75, 3.05) is 13.1 Å². The molecule has 4 rings (SSSR count). The van der Waals surface area contributed by atoms with Crippen molar-refractivity contribution < 1.29 is 13.6 Å². The standard InChI is InChI=1S/C25H29F2N5O/c1-5-32(23(33)22-30-12-14(2)31-22)13-25-10-9-16(24(25,3)4)15(21(25)29)11-19(28)20-17(26)7-6-8-18(20)27/h6-8,11-12,16,28-29H,5,9-10,13H2,1-4H3,(H,30,31)/b15-11-,28-19?,29-21?/t16-,25-/m0/s1. The zero-order valence-electron chi connectivity index (χ0n) is 19.4. The fourth-order valence-electron chi connectivity index (χ4n) is 5.69. The van der Waals surface area contributed by atoms with Gasteiger partial charge < -0.3 is 20.7 Å². The minimum atomic E-state index is -0.794. The van der Waals surface area contributed by atoms with Crippen molar-refractivity contribution in [2.24, 2.45) is 16.7 Å². The summed E-state index contributed by atoms with van der Waals surface area (Å²) in [6.07, 6.45) is 4.59. The topological polar surface area (TPSA) is 96.7 Å². The molecular formula is C25H29F2N5O. The number of H-pyrrole nitrogens is 1. The zero-order valence-corrected chi connectivity index (χ0v) is 19.4. The summed E-state index contributed by atoms with van der Waals surface area (Å²) in [5.41, 5.74) is 0.168. The van der Waals surface area contributed by atoms with Gasteiger partial charge in [-0.2, -0.15) is 0 Å². The van der Waals surface area contributed by atoms with Crippen LogP contribution in [0.15, 0.2) is 36.0 Å². The van der Waals surface area contributed by atoms with E-state index >= 15 is 0 Å². The number of benzene rings is 1. The third-order valence-electron chi connectivity index (χ3n) is 7.67. The molecule has 1 amide bonds. The second-order valence-corrected chi connectivity index (χ2v) is 9.61. The molecule has 0 radical (unpaired) electrons. The monoisotopic (exact) mass is 453 g/mol. The Bertz CT molecular complexity index is 1160. The van der Waals surface area contributed by atoms with Crippen LogP contribution < -0.4 is 0 Å². The van der Waals surface area contributed by atoms with Crippen molar-refractivity contribution in [2.45, 2.75) is 40.5 Å². The molecular weight excluding hydrogens is 424 g/mol. The van der Waals surface area contributed by atoms with Gasteiger partial charge >= 0.3 is 0 Å². The number of hydrogen-bond donors (Lipinski definition) is 3. The molecule has 2 bridgehead atoms. The van der Waals surface area contributed by atoms with Gasteiger partial charge in [0.05, 0.1) is 11.3 Å². The Morgan fingerprint density at radius 1 is 1.33 bits per heavy atom. The van der Waals surface area contributed by atoms with E-state index in [1.807, 2.05) is 13.8 Å². The molecule has 2 aliphatic rings. The number of fused-ring (bicyclic) bond motifs is 2. The molecule has 2 saturated carbocycles. The van der Waals surface area contributed by atoms with Crippen LogP contribution in [0.25, 0.3) is 0 Å². The molecule has 174 valence electrons. The third-order valence-corrected chi connectivity index (χ3v) is 7.67. The summed E-state index contributed by atoms with van der Waals surface area (Å²) in [5.74, 6) is -1.56. The molecule has 6 nitrogen and oxygen atoms in total. The minimum Gasteiger partial charge on any atom is -0.338 e. The number of aromatic amines is 1. The summed E-state index contributed by atoms with van der Waals surface area (Å²) >= 11 is 0. The van der Waals surface area contributed by atoms with Crippen LogP contribution >= 0.6 is 0 Å². The van der Waals surface area contributed by atoms with E-state index in [4.69, 9.17) is 10.8 Å². The molecule has 2 aliphatic carbocycles. The predicted molar refractivity (Wildman–Crippen MR) is 123 cm³/mol. The van der Waals surface area contributed by atoms with Crippen LogP contribution in [0.5, 0.6) is 0 Å². The highest BCUT2D eigenvalue weighted by Gasteiger charge is 2.65. The van der Waals surface area contributed by atoms with E-state index in [1.165, 1.54) is 12.1 Å². The first-order chi connectivity index (χ1) is 15.5. The van der Waals surface area contributed by atoms with Crippen molar-refractivity contribution >= 4 is 17.3 Å². The Morgan fingerprint density at radius 3 is 2.58 bits per heavy atom. The Hall–Kier alpha value is -3.16. The SMILES string of the molecule is CCN(C[C@@]12CC[C@@H](/C(=C/C(=N)c3c(F)cccc3F)C1=N)C2(C)C)C(=O)c1ncc(C)[nH]1. The van der Waals surface area contributed by atoms with Crippen LogP contribution in [-0.4, -0.2) is 45.3 Å². The average Bonchev–Trinajstić information content (AvgIpc) is 3.34. The quantitative estimate of drug-likeness (QED) is 0.542. The fraction of sp³-hybridized carbons (Fsp3) is 0.440. The summed E-state index contributed by atoms with van der Waals surface area (Å²) in [6, 6.07) is 3.53. The molecule has 0 saturated heterocycles. The van der Waals surface area contributed by atoms with E-state index in [2.05, 4.69) is 23.8 Å². The minimum absolute atomic E-state index is 0.0279. The van der Waals surface area contributed by atoms with Gasteiger partial charge in [0, 0.05) is 36.1 Å². The first-order valence-electron chi connectivity index (χ1n) is 11.2. The number of hydrogen-bond acceptors (Lipinski definition) is 4. The summed E-state index contributed by atoms with van der Waals surface area (Å²) in [7, 11) is 0. The molecule has 0 aliphatic heterocycles. The fourth-order valence-corrected chi connectivity index (χ4v) is 5.69. The number of amides is 1. The zero-order chi connectivity index (χ0) is 24.1. The molecule has 3 N–H and O–H groups in total. The van der Waals surface area contributed by atoms with Gasteiger partial charge in [-0.3, -0.25) is 4.79 Å². The average molecular weight is 454 g/mol. The van der Waals surface area contributed by atoms with Crippen LogP contribution in [0, 0.1) is 46.1 Å². The van der Waals surface area contributed by atoms with Gasteiger partial charge in [-0.25, -0.2) is 13.8 Å². The lowest BCUT2D eigenvalue weighted by Crippen LogP contribution is -2.48. The molecule has 1 heterocycles. The number of aryl methyl sites for hydroxylation is 1. The lowest BCUT2D eigenvalue weighted by Gasteiger charge is -2.41. The molecule has 1 aromatic heterocycles. The van der Waals surface area contributed by atoms with Crippen LogP contribution in [0.1, 0.15) is 55.5 Å². The van der Waals surface area contributed by atoms with Crippen molar-refractivity contribution in [1.82, 2.24) is 14.9 Å². The van der Waals surface area contributed by atoms with E-state index < -0.39 is 17.0 Å². The van der Waals surface area contributed by atoms with Gasteiger partial charge in [-0.15, -0.1) is 0 Å². The normalized spacial score (nSPS) is 24.5. The number of nitrogens with zero attached hydrogens (tertiary/aromatic N) is 2. The van der Waals surface area contributed by atoms with Gasteiger partial charge in [0.25, 0.3) is 5.91 Å². The van der Waals surface area contributed by atoms with Crippen molar-refractivity contribution in [1.29, 1.82) is 10.8 Å². The Morgan fingerprint density at radius 2 is 2.00 bits per heavy atom. The van der Waals surface area contributed by atoms with Gasteiger partial charge in [0.2, 0.25) is 0 Å². The molecule has 2 aromatic rings. The highest BCUT2D eigenvalue weighted by molar-refractivity contribution is 6.15. The Kier molecular flexibility index (Phi) is 5.58. The molecule has 8 heteroatoms. The van der Waals surface area contributed by atoms with Gasteiger partial charge in [-0.1, -0.05) is 19.9 Å². The Labute approximate surface area is 192 Å². The second-order valence-electron chi connectivity index (χ2n) is 9.61. The highest BCUT2D eigenvalue weighted by atomic mass is 19.1. The van der Waals surface area contributed by atoms with E-state index in [0.717, 1.165) is 30.7 Å². The number of carbonyl (C=O) groups is 1. The van der Waals surface area contributed by atoms with Crippen LogP contribution in [0.2, 0.25) is 0 Å². The first kappa shape index (κ1) is 23.0. The lowest BCUT2D eigenvalue weighted by atomic mass is 9.68. The number of carbonyl (C=O) groups excluding carboxylic acids is 1. The van der Waals surface area contributed by atoms with Crippen molar-refractivity contribution in [3.8, 4) is 0 Å². The molecule has 2 atom stereocenters. The summed E-state index contributed by atoms with van der Waals surface area (Å²) in [4.78, 5) is 22.0. The maximum absolute atomic E-state index is 14.2. The largest absolute Gasteiger partial charge is 0.338 e. The molecule has 33 heavy (non-hydrogen) atoms. The van der Waals surface area contributed by atoms with E-state index in [1.54, 1.807) is 11.1 Å². The third kappa shape index (κ3) is 3.43. The molecule has 1 aromatic carbocycles. The van der Waals surface area contributed by atoms with Gasteiger partial charge in [0.15, 0.2) is 5.82 Å². The van der Waals surface area contributed by atoms with Crippen LogP contribution in [0.4, 0.5) is 8.78 Å². The predicted octanol–water partition coefficient (Wildman–Crippen LogP) is 4.91. The maximum atomic E-state index is 14.2. The molecule has 0 unspecified atom stereocenters. The number of aromatic nitrogens is 2. The smallest absolute Gasteiger partial charge is 0.289 e. The highest BCUT2D eigenvalue weighted by Crippen LogP contribution is 2.66. The van der Waals surface area contributed by atoms with Crippen molar-refractivity contribution in [3.63, 3.8) is 0 Å². The second kappa shape index (κ2) is 8.01. The van der Waals surface area contributed by atoms with E-state index in [0.29, 0.717) is 24.4 Å². The number of allylic oxidation sites excluding steroid dienone is 2. The maximum Gasteiger partial charge on any atom is 0.289 e. The number of rotatable bonds is 6. The van der Waals surface area contributed by atoms with E-state index in [9.17, 15) is 13.6 Å². The first-order valence-corrected chi connectivity index (χ1v) is 11.2. The number of halogens is 2. The Balaban J connectivity index is 1.68. The lowest BCUT2D eigenvalue weighted by molar-refractivity contribution is 0.0618.